The maximum absolute atomic E-state index is 13.3. The number of benzene rings is 1. The normalized spacial score (nSPS) is 28.6. The van der Waals surface area contributed by atoms with Crippen LogP contribution in [0.25, 0.3) is 5.00 Å². The molecule has 1 amide bonds. The van der Waals surface area contributed by atoms with Gasteiger partial charge in [0.05, 0.1) is 5.71 Å². The SMILES string of the molecule is Cc1nnc2n1-c1sc3c(c1C(c1ccccc1Cl)=NC21CC1)C[C@H](C(=O)NC1[C@H]2CCC[C@@H]12)C3. The van der Waals surface area contributed by atoms with Crippen molar-refractivity contribution in [2.75, 3.05) is 0 Å². The Morgan fingerprint density at radius 3 is 2.74 bits per heavy atom. The second-order valence-corrected chi connectivity index (χ2v) is 12.5. The van der Waals surface area contributed by atoms with Crippen molar-refractivity contribution >= 4 is 34.6 Å². The molecule has 4 aliphatic carbocycles. The topological polar surface area (TPSA) is 72.2 Å². The van der Waals surface area contributed by atoms with E-state index in [9.17, 15) is 4.79 Å². The van der Waals surface area contributed by atoms with Gasteiger partial charge in [0, 0.05) is 33.0 Å². The van der Waals surface area contributed by atoms with Gasteiger partial charge in [-0.05, 0) is 68.9 Å². The van der Waals surface area contributed by atoms with Crippen molar-refractivity contribution < 1.29 is 4.79 Å². The molecular formula is C27H26ClN5OS. The second kappa shape index (κ2) is 7.04. The Kier molecular flexibility index (Phi) is 4.15. The maximum atomic E-state index is 13.3. The highest BCUT2D eigenvalue weighted by Crippen LogP contribution is 2.55. The van der Waals surface area contributed by atoms with Gasteiger partial charge < -0.3 is 5.32 Å². The predicted molar refractivity (Wildman–Crippen MR) is 136 cm³/mol. The summed E-state index contributed by atoms with van der Waals surface area (Å²) < 4.78 is 2.22. The monoisotopic (exact) mass is 503 g/mol. The van der Waals surface area contributed by atoms with E-state index < -0.39 is 0 Å². The molecule has 1 N–H and O–H groups in total. The minimum Gasteiger partial charge on any atom is -0.353 e. The Hall–Kier alpha value is -2.51. The van der Waals surface area contributed by atoms with E-state index >= 15 is 0 Å². The molecule has 0 bridgehead atoms. The fraction of sp³-hybridized carbons (Fsp3) is 0.481. The van der Waals surface area contributed by atoms with Crippen LogP contribution in [0, 0.1) is 24.7 Å². The second-order valence-electron chi connectivity index (χ2n) is 11.0. The minimum absolute atomic E-state index is 0.00464. The fourth-order valence-electron chi connectivity index (χ4n) is 6.85. The van der Waals surface area contributed by atoms with Crippen LogP contribution in [0.1, 0.15) is 65.3 Å². The quantitative estimate of drug-likeness (QED) is 0.560. The van der Waals surface area contributed by atoms with Gasteiger partial charge in [-0.15, -0.1) is 21.5 Å². The molecule has 1 aromatic carbocycles. The number of aromatic nitrogens is 3. The number of fused-ring (bicyclic) bond motifs is 7. The third-order valence-corrected chi connectivity index (χ3v) is 10.5. The smallest absolute Gasteiger partial charge is 0.224 e. The lowest BCUT2D eigenvalue weighted by molar-refractivity contribution is -0.125. The summed E-state index contributed by atoms with van der Waals surface area (Å²) >= 11 is 8.52. The molecule has 3 fully saturated rings. The molecule has 2 aromatic heterocycles. The van der Waals surface area contributed by atoms with Gasteiger partial charge in [0.25, 0.3) is 0 Å². The van der Waals surface area contributed by atoms with Gasteiger partial charge in [-0.1, -0.05) is 36.2 Å². The Bertz CT molecular complexity index is 1440. The summed E-state index contributed by atoms with van der Waals surface area (Å²) in [4.78, 5) is 19.9. The van der Waals surface area contributed by atoms with Crippen LogP contribution in [-0.2, 0) is 23.2 Å². The third-order valence-electron chi connectivity index (χ3n) is 8.90. The van der Waals surface area contributed by atoms with Crippen LogP contribution < -0.4 is 5.32 Å². The van der Waals surface area contributed by atoms with Crippen LogP contribution in [0.2, 0.25) is 5.02 Å². The first-order valence-electron chi connectivity index (χ1n) is 12.8. The van der Waals surface area contributed by atoms with Crippen molar-refractivity contribution in [3.8, 4) is 5.00 Å². The summed E-state index contributed by atoms with van der Waals surface area (Å²) in [5, 5.41) is 14.3. The molecule has 1 spiro atoms. The van der Waals surface area contributed by atoms with Gasteiger partial charge in [0.2, 0.25) is 5.91 Å². The van der Waals surface area contributed by atoms with Crippen LogP contribution in [-0.4, -0.2) is 32.4 Å². The van der Waals surface area contributed by atoms with Gasteiger partial charge >= 0.3 is 0 Å². The highest BCUT2D eigenvalue weighted by molar-refractivity contribution is 7.15. The van der Waals surface area contributed by atoms with Gasteiger partial charge in [0.15, 0.2) is 5.82 Å². The summed E-state index contributed by atoms with van der Waals surface area (Å²) in [5.74, 6) is 3.51. The third kappa shape index (κ3) is 2.88. The number of aliphatic imine (C=N–C) groups is 1. The highest BCUT2D eigenvalue weighted by Gasteiger charge is 2.54. The van der Waals surface area contributed by atoms with Crippen molar-refractivity contribution in [2.45, 2.75) is 63.5 Å². The van der Waals surface area contributed by atoms with E-state index in [4.69, 9.17) is 16.6 Å². The molecular weight excluding hydrogens is 478 g/mol. The molecule has 0 radical (unpaired) electrons. The molecule has 0 saturated heterocycles. The molecule has 8 rings (SSSR count). The van der Waals surface area contributed by atoms with Crippen molar-refractivity contribution in [3.05, 3.63) is 62.5 Å². The summed E-state index contributed by atoms with van der Waals surface area (Å²) in [6.07, 6.45) is 7.35. The minimum atomic E-state index is -0.333. The van der Waals surface area contributed by atoms with Crippen molar-refractivity contribution in [1.29, 1.82) is 0 Å². The molecule has 5 aliphatic rings. The Balaban J connectivity index is 1.23. The average molecular weight is 504 g/mol. The van der Waals surface area contributed by atoms with Gasteiger partial charge in [-0.2, -0.15) is 0 Å². The van der Waals surface area contributed by atoms with Crippen molar-refractivity contribution in [2.24, 2.45) is 22.7 Å². The van der Waals surface area contributed by atoms with Gasteiger partial charge in [0.1, 0.15) is 16.4 Å². The largest absolute Gasteiger partial charge is 0.353 e. The Morgan fingerprint density at radius 2 is 1.97 bits per heavy atom. The Morgan fingerprint density at radius 1 is 1.17 bits per heavy atom. The first-order chi connectivity index (χ1) is 17.0. The van der Waals surface area contributed by atoms with E-state index in [-0.39, 0.29) is 17.4 Å². The molecule has 3 heterocycles. The van der Waals surface area contributed by atoms with Crippen LogP contribution in [0.3, 0.4) is 0 Å². The predicted octanol–water partition coefficient (Wildman–Crippen LogP) is 4.76. The summed E-state index contributed by atoms with van der Waals surface area (Å²) in [5.41, 5.74) is 3.96. The number of carbonyl (C=O) groups excluding carboxylic acids is 1. The molecule has 35 heavy (non-hydrogen) atoms. The number of carbonyl (C=O) groups is 1. The highest BCUT2D eigenvalue weighted by atomic mass is 35.5. The molecule has 4 atom stereocenters. The van der Waals surface area contributed by atoms with Gasteiger partial charge in [-0.3, -0.25) is 14.4 Å². The number of hydrogen-bond acceptors (Lipinski definition) is 5. The van der Waals surface area contributed by atoms with Crippen LogP contribution >= 0.6 is 22.9 Å². The van der Waals surface area contributed by atoms with E-state index in [2.05, 4.69) is 26.1 Å². The number of halogens is 1. The zero-order valence-electron chi connectivity index (χ0n) is 19.6. The lowest BCUT2D eigenvalue weighted by atomic mass is 9.97. The van der Waals surface area contributed by atoms with Crippen LogP contribution in [0.4, 0.5) is 0 Å². The summed E-state index contributed by atoms with van der Waals surface area (Å²) in [7, 11) is 0. The first kappa shape index (κ1) is 20.7. The molecule has 1 aliphatic heterocycles. The zero-order valence-corrected chi connectivity index (χ0v) is 21.1. The van der Waals surface area contributed by atoms with Crippen molar-refractivity contribution in [3.63, 3.8) is 0 Å². The number of amides is 1. The molecule has 1 unspecified atom stereocenters. The lowest BCUT2D eigenvalue weighted by Crippen LogP contribution is -2.34. The lowest BCUT2D eigenvalue weighted by Gasteiger charge is -2.14. The number of nitrogens with one attached hydrogen (secondary N) is 1. The number of rotatable bonds is 3. The first-order valence-corrected chi connectivity index (χ1v) is 14.0. The molecule has 6 nitrogen and oxygen atoms in total. The molecule has 3 aromatic rings. The molecule has 3 saturated carbocycles. The van der Waals surface area contributed by atoms with Gasteiger partial charge in [-0.25, -0.2) is 0 Å². The number of nitrogens with zero attached hydrogens (tertiary/aromatic N) is 4. The number of thiophene rings is 1. The van der Waals surface area contributed by atoms with E-state index in [1.165, 1.54) is 29.7 Å². The number of hydrogen-bond donors (Lipinski definition) is 1. The molecule has 8 heteroatoms. The molecule has 178 valence electrons. The van der Waals surface area contributed by atoms with E-state index in [1.807, 2.05) is 25.1 Å². The zero-order chi connectivity index (χ0) is 23.5. The average Bonchev–Trinajstić information content (AvgIpc) is 3.41. The standard InChI is InChI=1S/C27H26ClN5OS/c1-13-31-32-26-27(9-10-27)30-23(17-5-2-3-8-19(17)28)21-18-11-14(12-20(18)35-25(21)33(13)26)24(34)29-22-15-6-4-7-16(15)22/h2-3,5,8,14-16,22H,4,6-7,9-12H2,1H3,(H,29,34)/t14-,15-,16+,22?/m0/s1. The van der Waals surface area contributed by atoms with E-state index in [1.54, 1.807) is 11.3 Å². The van der Waals surface area contributed by atoms with Crippen molar-refractivity contribution in [1.82, 2.24) is 20.1 Å². The fourth-order valence-corrected chi connectivity index (χ4v) is 8.54. The van der Waals surface area contributed by atoms with Crippen LogP contribution in [0.15, 0.2) is 29.3 Å². The van der Waals surface area contributed by atoms with E-state index in [0.29, 0.717) is 11.1 Å². The Labute approximate surface area is 212 Å². The number of aryl methyl sites for hydroxylation is 1. The maximum Gasteiger partial charge on any atom is 0.224 e. The summed E-state index contributed by atoms with van der Waals surface area (Å²) in [6.45, 7) is 2.02. The van der Waals surface area contributed by atoms with E-state index in [0.717, 1.165) is 71.0 Å². The van der Waals surface area contributed by atoms with Crippen LogP contribution in [0.5, 0.6) is 0 Å². The summed E-state index contributed by atoms with van der Waals surface area (Å²) in [6, 6.07) is 8.40.